The molecule has 0 aliphatic heterocycles. The predicted molar refractivity (Wildman–Crippen MR) is 106 cm³/mol. The number of Topliss-reactive ketones (excluding diaryl/α,β-unsaturated/α-hetero) is 1. The van der Waals surface area contributed by atoms with Crippen LogP contribution in [0, 0.1) is 0 Å². The van der Waals surface area contributed by atoms with E-state index in [1.165, 1.54) is 11.8 Å². The molecule has 7 nitrogen and oxygen atoms in total. The largest absolute Gasteiger partial charge is 0.293 e. The SMILES string of the molecule is C[C@H](Sc1n[nH]c(-c2ccccc2)n1)C(=O)c1ccc(NS(C)(=O)=O)cc1. The Labute approximate surface area is 161 Å². The lowest BCUT2D eigenvalue weighted by atomic mass is 10.1. The van der Waals surface area contributed by atoms with Crippen molar-refractivity contribution in [2.75, 3.05) is 11.0 Å². The Morgan fingerprint density at radius 3 is 2.41 bits per heavy atom. The molecule has 0 saturated carbocycles. The van der Waals surface area contributed by atoms with Crippen molar-refractivity contribution in [2.24, 2.45) is 0 Å². The van der Waals surface area contributed by atoms with Crippen molar-refractivity contribution in [1.82, 2.24) is 15.2 Å². The minimum absolute atomic E-state index is 0.0861. The van der Waals surface area contributed by atoms with Crippen LogP contribution < -0.4 is 4.72 Å². The molecule has 9 heteroatoms. The van der Waals surface area contributed by atoms with Gasteiger partial charge in [0.05, 0.1) is 11.5 Å². The number of anilines is 1. The normalized spacial score (nSPS) is 12.5. The number of ketones is 1. The summed E-state index contributed by atoms with van der Waals surface area (Å²) in [5.74, 6) is 0.561. The van der Waals surface area contributed by atoms with E-state index in [9.17, 15) is 13.2 Å². The van der Waals surface area contributed by atoms with Crippen molar-refractivity contribution >= 4 is 33.3 Å². The number of aromatic amines is 1. The summed E-state index contributed by atoms with van der Waals surface area (Å²) in [4.78, 5) is 17.0. The van der Waals surface area contributed by atoms with Crippen LogP contribution in [0.25, 0.3) is 11.4 Å². The molecule has 27 heavy (non-hydrogen) atoms. The van der Waals surface area contributed by atoms with Crippen LogP contribution in [0.15, 0.2) is 59.8 Å². The van der Waals surface area contributed by atoms with Crippen molar-refractivity contribution < 1.29 is 13.2 Å². The smallest absolute Gasteiger partial charge is 0.229 e. The van der Waals surface area contributed by atoms with E-state index < -0.39 is 15.3 Å². The monoisotopic (exact) mass is 402 g/mol. The van der Waals surface area contributed by atoms with Gasteiger partial charge in [0.2, 0.25) is 15.2 Å². The van der Waals surface area contributed by atoms with E-state index in [4.69, 9.17) is 0 Å². The molecule has 0 aliphatic rings. The van der Waals surface area contributed by atoms with Gasteiger partial charge in [-0.2, -0.15) is 0 Å². The lowest BCUT2D eigenvalue weighted by Crippen LogP contribution is -2.14. The van der Waals surface area contributed by atoms with Gasteiger partial charge in [-0.1, -0.05) is 42.1 Å². The molecule has 2 N–H and O–H groups in total. The highest BCUT2D eigenvalue weighted by molar-refractivity contribution is 8.00. The molecular weight excluding hydrogens is 384 g/mol. The third kappa shape index (κ3) is 5.18. The van der Waals surface area contributed by atoms with Gasteiger partial charge in [-0.3, -0.25) is 14.6 Å². The van der Waals surface area contributed by atoms with Crippen LogP contribution in [0.1, 0.15) is 17.3 Å². The number of carbonyl (C=O) groups is 1. The molecule has 2 aromatic carbocycles. The van der Waals surface area contributed by atoms with Crippen molar-refractivity contribution in [3.8, 4) is 11.4 Å². The molecular formula is C18H18N4O3S2. The summed E-state index contributed by atoms with van der Waals surface area (Å²) in [5, 5.41) is 7.14. The number of carbonyl (C=O) groups excluding carboxylic acids is 1. The fourth-order valence-corrected chi connectivity index (χ4v) is 3.75. The maximum absolute atomic E-state index is 12.6. The van der Waals surface area contributed by atoms with Gasteiger partial charge in [-0.05, 0) is 31.2 Å². The molecule has 0 spiro atoms. The first-order valence-electron chi connectivity index (χ1n) is 8.08. The molecule has 0 amide bonds. The second-order valence-electron chi connectivity index (χ2n) is 5.91. The first-order chi connectivity index (χ1) is 12.8. The number of rotatable bonds is 7. The minimum atomic E-state index is -3.35. The lowest BCUT2D eigenvalue weighted by molar-refractivity contribution is 0.0994. The van der Waals surface area contributed by atoms with E-state index in [1.807, 2.05) is 30.3 Å². The van der Waals surface area contributed by atoms with Gasteiger partial charge in [0.15, 0.2) is 11.6 Å². The average Bonchev–Trinajstić information content (AvgIpc) is 3.09. The first kappa shape index (κ1) is 19.1. The fourth-order valence-electron chi connectivity index (χ4n) is 2.39. The third-order valence-electron chi connectivity index (χ3n) is 3.64. The van der Waals surface area contributed by atoms with Crippen LogP contribution >= 0.6 is 11.8 Å². The molecule has 0 fully saturated rings. The zero-order valence-electron chi connectivity index (χ0n) is 14.7. The zero-order valence-corrected chi connectivity index (χ0v) is 16.3. The van der Waals surface area contributed by atoms with Crippen LogP contribution in [-0.2, 0) is 10.0 Å². The highest BCUT2D eigenvalue weighted by atomic mass is 32.2. The van der Waals surface area contributed by atoms with Gasteiger partial charge in [0.25, 0.3) is 0 Å². The van der Waals surface area contributed by atoms with E-state index in [2.05, 4.69) is 19.9 Å². The standard InChI is InChI=1S/C18H18N4O3S2/c1-12(16(23)13-8-10-15(11-9-13)22-27(2,24)25)26-18-19-17(20-21-18)14-6-4-3-5-7-14/h3-12,22H,1-2H3,(H,19,20,21)/t12-/m0/s1. The summed E-state index contributed by atoms with van der Waals surface area (Å²) in [6.07, 6.45) is 1.07. The number of hydrogen-bond acceptors (Lipinski definition) is 6. The van der Waals surface area contributed by atoms with Gasteiger partial charge in [0, 0.05) is 16.8 Å². The number of thioether (sulfide) groups is 1. The molecule has 0 bridgehead atoms. The second-order valence-corrected chi connectivity index (χ2v) is 8.96. The summed E-state index contributed by atoms with van der Waals surface area (Å²) in [6.45, 7) is 1.79. The van der Waals surface area contributed by atoms with E-state index in [-0.39, 0.29) is 5.78 Å². The van der Waals surface area contributed by atoms with E-state index in [0.29, 0.717) is 22.2 Å². The first-order valence-corrected chi connectivity index (χ1v) is 10.9. The fraction of sp³-hybridized carbons (Fsp3) is 0.167. The molecule has 0 unspecified atom stereocenters. The number of H-pyrrole nitrogens is 1. The summed E-state index contributed by atoms with van der Waals surface area (Å²) in [7, 11) is -3.35. The molecule has 3 aromatic rings. The van der Waals surface area contributed by atoms with Crippen LogP contribution in [0.4, 0.5) is 5.69 Å². The molecule has 0 radical (unpaired) electrons. The van der Waals surface area contributed by atoms with Crippen LogP contribution in [0.2, 0.25) is 0 Å². The van der Waals surface area contributed by atoms with Crippen LogP contribution in [-0.4, -0.2) is 40.9 Å². The Morgan fingerprint density at radius 2 is 1.78 bits per heavy atom. The Morgan fingerprint density at radius 1 is 1.11 bits per heavy atom. The third-order valence-corrected chi connectivity index (χ3v) is 5.20. The van der Waals surface area contributed by atoms with Gasteiger partial charge in [-0.15, -0.1) is 5.10 Å². The Bertz CT molecular complexity index is 1030. The van der Waals surface area contributed by atoms with Crippen molar-refractivity contribution in [1.29, 1.82) is 0 Å². The van der Waals surface area contributed by atoms with E-state index >= 15 is 0 Å². The van der Waals surface area contributed by atoms with Gasteiger partial charge in [-0.25, -0.2) is 13.4 Å². The Kier molecular flexibility index (Phi) is 5.62. The zero-order chi connectivity index (χ0) is 19.4. The van der Waals surface area contributed by atoms with Gasteiger partial charge >= 0.3 is 0 Å². The van der Waals surface area contributed by atoms with Crippen LogP contribution in [0.5, 0.6) is 0 Å². The van der Waals surface area contributed by atoms with Crippen molar-refractivity contribution in [2.45, 2.75) is 17.3 Å². The molecule has 0 saturated heterocycles. The number of aromatic nitrogens is 3. The van der Waals surface area contributed by atoms with E-state index in [0.717, 1.165) is 11.8 Å². The predicted octanol–water partition coefficient (Wildman–Crippen LogP) is 3.21. The second kappa shape index (κ2) is 7.93. The Hall–Kier alpha value is -2.65. The number of nitrogens with zero attached hydrogens (tertiary/aromatic N) is 2. The number of nitrogens with one attached hydrogen (secondary N) is 2. The minimum Gasteiger partial charge on any atom is -0.293 e. The molecule has 1 heterocycles. The average molecular weight is 403 g/mol. The summed E-state index contributed by atoms with van der Waals surface area (Å²) in [6, 6.07) is 15.9. The highest BCUT2D eigenvalue weighted by Gasteiger charge is 2.19. The quantitative estimate of drug-likeness (QED) is 0.464. The molecule has 3 rings (SSSR count). The molecule has 140 valence electrons. The molecule has 0 aliphatic carbocycles. The number of benzene rings is 2. The highest BCUT2D eigenvalue weighted by Crippen LogP contribution is 2.25. The number of sulfonamides is 1. The van der Waals surface area contributed by atoms with Gasteiger partial charge < -0.3 is 0 Å². The topological polar surface area (TPSA) is 105 Å². The van der Waals surface area contributed by atoms with Crippen LogP contribution in [0.3, 0.4) is 0 Å². The maximum Gasteiger partial charge on any atom is 0.229 e. The molecule has 1 aromatic heterocycles. The summed E-state index contributed by atoms with van der Waals surface area (Å²) < 4.78 is 24.8. The molecule has 1 atom stereocenters. The van der Waals surface area contributed by atoms with Crippen molar-refractivity contribution in [3.63, 3.8) is 0 Å². The lowest BCUT2D eigenvalue weighted by Gasteiger charge is -2.09. The Balaban J connectivity index is 1.66. The van der Waals surface area contributed by atoms with Gasteiger partial charge in [0.1, 0.15) is 0 Å². The van der Waals surface area contributed by atoms with E-state index in [1.54, 1.807) is 31.2 Å². The summed E-state index contributed by atoms with van der Waals surface area (Å²) >= 11 is 1.26. The van der Waals surface area contributed by atoms with Crippen molar-refractivity contribution in [3.05, 3.63) is 60.2 Å². The maximum atomic E-state index is 12.6. The number of hydrogen-bond donors (Lipinski definition) is 2. The summed E-state index contributed by atoms with van der Waals surface area (Å²) in [5.41, 5.74) is 1.83.